The van der Waals surface area contributed by atoms with Crippen molar-refractivity contribution in [3.05, 3.63) is 11.2 Å². The van der Waals surface area contributed by atoms with Crippen molar-refractivity contribution in [2.75, 3.05) is 13.1 Å². The van der Waals surface area contributed by atoms with Crippen LogP contribution in [-0.2, 0) is 10.0 Å². The molecule has 17 heavy (non-hydrogen) atoms. The summed E-state index contributed by atoms with van der Waals surface area (Å²) < 4.78 is 27.2. The Labute approximate surface area is 106 Å². The Morgan fingerprint density at radius 3 is 2.94 bits per heavy atom. The first-order chi connectivity index (χ1) is 7.99. The van der Waals surface area contributed by atoms with Gasteiger partial charge in [-0.25, -0.2) is 18.1 Å². The van der Waals surface area contributed by atoms with E-state index in [4.69, 9.17) is 0 Å². The maximum absolute atomic E-state index is 12.1. The van der Waals surface area contributed by atoms with Gasteiger partial charge in [-0.15, -0.1) is 11.3 Å². The van der Waals surface area contributed by atoms with Crippen molar-refractivity contribution in [3.63, 3.8) is 0 Å². The van der Waals surface area contributed by atoms with Gasteiger partial charge >= 0.3 is 0 Å². The Kier molecular flexibility index (Phi) is 3.82. The summed E-state index contributed by atoms with van der Waals surface area (Å²) in [4.78, 5) is 3.98. The zero-order valence-corrected chi connectivity index (χ0v) is 11.6. The Morgan fingerprint density at radius 1 is 1.59 bits per heavy atom. The third-order valence-corrected chi connectivity index (χ3v) is 5.86. The van der Waals surface area contributed by atoms with Crippen molar-refractivity contribution in [1.82, 2.24) is 15.0 Å². The van der Waals surface area contributed by atoms with E-state index >= 15 is 0 Å². The molecule has 2 unspecified atom stereocenters. The summed E-state index contributed by atoms with van der Waals surface area (Å²) >= 11 is 1.20. The number of rotatable bonds is 3. The van der Waals surface area contributed by atoms with Crippen molar-refractivity contribution >= 4 is 21.4 Å². The number of sulfonamides is 1. The summed E-state index contributed by atoms with van der Waals surface area (Å²) in [6, 6.07) is -0.0313. The summed E-state index contributed by atoms with van der Waals surface area (Å²) in [6.07, 6.45) is 2.41. The van der Waals surface area contributed by atoms with E-state index in [2.05, 4.69) is 21.9 Å². The van der Waals surface area contributed by atoms with Gasteiger partial charge in [-0.1, -0.05) is 6.92 Å². The van der Waals surface area contributed by atoms with Gasteiger partial charge in [0.05, 0.1) is 11.2 Å². The lowest BCUT2D eigenvalue weighted by Gasteiger charge is -2.29. The van der Waals surface area contributed by atoms with Gasteiger partial charge in [-0.2, -0.15) is 0 Å². The molecule has 7 heteroatoms. The number of hydrogen-bond donors (Lipinski definition) is 2. The summed E-state index contributed by atoms with van der Waals surface area (Å²) in [7, 11) is -3.41. The first kappa shape index (κ1) is 12.9. The van der Waals surface area contributed by atoms with Crippen LogP contribution in [0.4, 0.5) is 0 Å². The Hall–Kier alpha value is -0.500. The van der Waals surface area contributed by atoms with Crippen molar-refractivity contribution < 1.29 is 8.42 Å². The maximum atomic E-state index is 12.1. The second kappa shape index (κ2) is 5.01. The molecule has 2 heterocycles. The lowest BCUT2D eigenvalue weighted by atomic mass is 9.96. The largest absolute Gasteiger partial charge is 0.315 e. The van der Waals surface area contributed by atoms with Crippen LogP contribution >= 0.6 is 11.3 Å². The van der Waals surface area contributed by atoms with Gasteiger partial charge in [0.1, 0.15) is 0 Å². The normalized spacial score (nSPS) is 26.0. The summed E-state index contributed by atoms with van der Waals surface area (Å²) in [5.41, 5.74) is 0. The quantitative estimate of drug-likeness (QED) is 0.853. The molecule has 0 radical (unpaired) electrons. The van der Waals surface area contributed by atoms with E-state index in [1.165, 1.54) is 17.5 Å². The summed E-state index contributed by atoms with van der Waals surface area (Å²) in [5, 5.41) is 3.97. The van der Waals surface area contributed by atoms with Crippen molar-refractivity contribution in [2.45, 2.75) is 30.5 Å². The molecule has 0 aliphatic carbocycles. The van der Waals surface area contributed by atoms with Gasteiger partial charge in [0.25, 0.3) is 10.0 Å². The highest BCUT2D eigenvalue weighted by Crippen LogP contribution is 2.20. The Balaban J connectivity index is 2.11. The first-order valence-electron chi connectivity index (χ1n) is 5.64. The molecule has 1 fully saturated rings. The lowest BCUT2D eigenvalue weighted by molar-refractivity contribution is 0.327. The van der Waals surface area contributed by atoms with E-state index in [1.807, 2.05) is 0 Å². The minimum Gasteiger partial charge on any atom is -0.315 e. The molecule has 2 rings (SSSR count). The highest BCUT2D eigenvalue weighted by atomic mass is 32.2. The predicted octanol–water partition coefficient (Wildman–Crippen LogP) is 0.728. The highest BCUT2D eigenvalue weighted by Gasteiger charge is 2.27. The molecule has 0 spiro atoms. The average Bonchev–Trinajstić information content (AvgIpc) is 2.69. The summed E-state index contributed by atoms with van der Waals surface area (Å²) in [6.45, 7) is 5.53. The smallest absolute Gasteiger partial charge is 0.251 e. The van der Waals surface area contributed by atoms with Crippen LogP contribution in [0.15, 0.2) is 10.4 Å². The topological polar surface area (TPSA) is 71.1 Å². The van der Waals surface area contributed by atoms with E-state index in [9.17, 15) is 8.42 Å². The van der Waals surface area contributed by atoms with Gasteiger partial charge in [0.15, 0.2) is 4.21 Å². The second-order valence-electron chi connectivity index (χ2n) is 4.40. The standard InChI is InChI=1S/C10H17N3O2S2/c1-7-3-4-11-5-9(7)13-17(14,15)10-6-12-8(2)16-10/h6-7,9,11,13H,3-5H2,1-2H3. The molecule has 0 amide bonds. The van der Waals surface area contributed by atoms with Crippen LogP contribution in [-0.4, -0.2) is 32.5 Å². The molecule has 1 aliphatic rings. The van der Waals surface area contributed by atoms with E-state index in [1.54, 1.807) is 6.92 Å². The number of aromatic nitrogens is 1. The van der Waals surface area contributed by atoms with E-state index in [-0.39, 0.29) is 6.04 Å². The van der Waals surface area contributed by atoms with Crippen LogP contribution in [0.25, 0.3) is 0 Å². The van der Waals surface area contributed by atoms with Crippen LogP contribution in [0.5, 0.6) is 0 Å². The fourth-order valence-corrected chi connectivity index (χ4v) is 4.34. The second-order valence-corrected chi connectivity index (χ2v) is 7.57. The van der Waals surface area contributed by atoms with Gasteiger partial charge < -0.3 is 5.32 Å². The molecule has 0 bridgehead atoms. The minimum atomic E-state index is -3.41. The van der Waals surface area contributed by atoms with Crippen LogP contribution in [0.2, 0.25) is 0 Å². The molecule has 1 aromatic rings. The number of piperidine rings is 1. The molecule has 1 saturated heterocycles. The molecule has 2 atom stereocenters. The fourth-order valence-electron chi connectivity index (χ4n) is 1.87. The SMILES string of the molecule is Cc1ncc(S(=O)(=O)NC2CNCCC2C)s1. The molecule has 1 aromatic heterocycles. The van der Waals surface area contributed by atoms with Crippen molar-refractivity contribution in [3.8, 4) is 0 Å². The molecule has 96 valence electrons. The number of nitrogens with zero attached hydrogens (tertiary/aromatic N) is 1. The average molecular weight is 275 g/mol. The third-order valence-electron chi connectivity index (χ3n) is 3.00. The molecular weight excluding hydrogens is 258 g/mol. The van der Waals surface area contributed by atoms with E-state index in [0.29, 0.717) is 16.7 Å². The van der Waals surface area contributed by atoms with Crippen LogP contribution < -0.4 is 10.0 Å². The lowest BCUT2D eigenvalue weighted by Crippen LogP contribution is -2.49. The third kappa shape index (κ3) is 3.04. The van der Waals surface area contributed by atoms with E-state index in [0.717, 1.165) is 18.0 Å². The number of aryl methyl sites for hydroxylation is 1. The van der Waals surface area contributed by atoms with Crippen molar-refractivity contribution in [1.29, 1.82) is 0 Å². The highest BCUT2D eigenvalue weighted by molar-refractivity contribution is 7.91. The molecule has 2 N–H and O–H groups in total. The van der Waals surface area contributed by atoms with Crippen molar-refractivity contribution in [2.24, 2.45) is 5.92 Å². The molecule has 0 saturated carbocycles. The number of nitrogens with one attached hydrogen (secondary N) is 2. The Bertz CT molecular complexity index is 483. The van der Waals surface area contributed by atoms with Gasteiger partial charge in [-0.3, -0.25) is 0 Å². The maximum Gasteiger partial charge on any atom is 0.251 e. The Morgan fingerprint density at radius 2 is 2.35 bits per heavy atom. The summed E-state index contributed by atoms with van der Waals surface area (Å²) in [5.74, 6) is 0.361. The fraction of sp³-hybridized carbons (Fsp3) is 0.700. The molecular formula is C10H17N3O2S2. The van der Waals surface area contributed by atoms with Gasteiger partial charge in [0.2, 0.25) is 0 Å². The zero-order chi connectivity index (χ0) is 12.5. The number of thiazole rings is 1. The van der Waals surface area contributed by atoms with Crippen LogP contribution in [0.3, 0.4) is 0 Å². The van der Waals surface area contributed by atoms with Gasteiger partial charge in [0, 0.05) is 12.6 Å². The monoisotopic (exact) mass is 275 g/mol. The molecule has 5 nitrogen and oxygen atoms in total. The predicted molar refractivity (Wildman–Crippen MR) is 67.6 cm³/mol. The number of hydrogen-bond acceptors (Lipinski definition) is 5. The van der Waals surface area contributed by atoms with Gasteiger partial charge in [-0.05, 0) is 25.8 Å². The first-order valence-corrected chi connectivity index (χ1v) is 7.94. The molecule has 1 aliphatic heterocycles. The zero-order valence-electron chi connectivity index (χ0n) is 9.93. The van der Waals surface area contributed by atoms with E-state index < -0.39 is 10.0 Å². The van der Waals surface area contributed by atoms with Crippen LogP contribution in [0.1, 0.15) is 18.4 Å². The molecule has 0 aromatic carbocycles. The minimum absolute atomic E-state index is 0.0313. The van der Waals surface area contributed by atoms with Crippen LogP contribution in [0, 0.1) is 12.8 Å².